The second-order valence-electron chi connectivity index (χ2n) is 2.29. The van der Waals surface area contributed by atoms with Gasteiger partial charge in [0.2, 0.25) is 0 Å². The molecule has 3 nitrogen and oxygen atoms in total. The van der Waals surface area contributed by atoms with E-state index in [-0.39, 0.29) is 6.16 Å². The Kier molecular flexibility index (Phi) is 7.78. The number of thiophene rings is 1. The second kappa shape index (κ2) is 7.60. The molecular weight excluding hydrogens is 287 g/mol. The van der Waals surface area contributed by atoms with Crippen molar-refractivity contribution >= 4 is 34.9 Å². The third-order valence-electron chi connectivity index (χ3n) is 1.22. The molecule has 1 heterocycles. The number of rotatable bonds is 3. The average Bonchev–Trinajstić information content (AvgIpc) is 2.57. The molecule has 1 atom stereocenters. The van der Waals surface area contributed by atoms with E-state index in [9.17, 15) is 4.57 Å². The first-order chi connectivity index (χ1) is 6.52. The van der Waals surface area contributed by atoms with Crippen molar-refractivity contribution in [2.45, 2.75) is 13.8 Å². The van der Waals surface area contributed by atoms with Crippen molar-refractivity contribution in [1.29, 1.82) is 0 Å². The first-order valence-corrected chi connectivity index (χ1v) is 7.60. The van der Waals surface area contributed by atoms with Gasteiger partial charge in [0.25, 0.3) is 0 Å². The van der Waals surface area contributed by atoms with Gasteiger partial charge in [-0.2, -0.15) is 0 Å². The maximum absolute atomic E-state index is 10.5. The van der Waals surface area contributed by atoms with Crippen LogP contribution in [0.15, 0.2) is 21.3 Å². The zero-order valence-corrected chi connectivity index (χ0v) is 11.4. The van der Waals surface area contributed by atoms with E-state index in [1.807, 2.05) is 17.5 Å². The standard InChI is InChI=1S/C4H3BrS.C4H11O3P/c5-4-2-1-3-6-4;1-3-7-8(5,6)4-2/h1-3H;3-4H2,1-2H3,(H,5,6). The van der Waals surface area contributed by atoms with Crippen LogP contribution in [-0.2, 0) is 9.09 Å². The quantitative estimate of drug-likeness (QED) is 0.865. The summed E-state index contributed by atoms with van der Waals surface area (Å²) in [6.45, 7) is 3.62. The van der Waals surface area contributed by atoms with Gasteiger partial charge in [-0.05, 0) is 34.3 Å². The summed E-state index contributed by atoms with van der Waals surface area (Å²) in [5.41, 5.74) is 0. The van der Waals surface area contributed by atoms with Crippen molar-refractivity contribution in [3.63, 3.8) is 0 Å². The molecule has 1 aromatic heterocycles. The molecule has 0 radical (unpaired) electrons. The van der Waals surface area contributed by atoms with E-state index in [4.69, 9.17) is 4.89 Å². The average molecular weight is 301 g/mol. The molecule has 0 saturated carbocycles. The summed E-state index contributed by atoms with van der Waals surface area (Å²) in [4.78, 5) is 8.66. The van der Waals surface area contributed by atoms with E-state index in [2.05, 4.69) is 20.5 Å². The smallest absolute Gasteiger partial charge is 0.324 e. The molecule has 0 bridgehead atoms. The Labute approximate surface area is 96.8 Å². The molecule has 0 aromatic carbocycles. The molecule has 0 amide bonds. The highest BCUT2D eigenvalue weighted by Gasteiger charge is 2.12. The summed E-state index contributed by atoms with van der Waals surface area (Å²) in [6.07, 6.45) is 0.195. The molecule has 14 heavy (non-hydrogen) atoms. The Hall–Kier alpha value is 0.330. The Morgan fingerprint density at radius 3 is 2.43 bits per heavy atom. The molecule has 0 spiro atoms. The summed E-state index contributed by atoms with van der Waals surface area (Å²) in [5.74, 6) is 0. The molecular formula is C8H14BrO3PS. The van der Waals surface area contributed by atoms with Crippen LogP contribution in [0.3, 0.4) is 0 Å². The van der Waals surface area contributed by atoms with E-state index < -0.39 is 7.60 Å². The summed E-state index contributed by atoms with van der Waals surface area (Å²) >= 11 is 4.99. The van der Waals surface area contributed by atoms with Crippen LogP contribution in [0.5, 0.6) is 0 Å². The minimum absolute atomic E-state index is 0.195. The topological polar surface area (TPSA) is 46.5 Å². The summed E-state index contributed by atoms with van der Waals surface area (Å²) < 4.78 is 16.2. The minimum Gasteiger partial charge on any atom is -0.324 e. The monoisotopic (exact) mass is 300 g/mol. The number of hydrogen-bond acceptors (Lipinski definition) is 3. The zero-order valence-electron chi connectivity index (χ0n) is 8.14. The fraction of sp³-hybridized carbons (Fsp3) is 0.500. The maximum atomic E-state index is 10.5. The maximum Gasteiger partial charge on any atom is 0.327 e. The van der Waals surface area contributed by atoms with Gasteiger partial charge in [-0.25, -0.2) is 0 Å². The lowest BCUT2D eigenvalue weighted by Gasteiger charge is -2.05. The van der Waals surface area contributed by atoms with Crippen LogP contribution in [0, 0.1) is 0 Å². The molecule has 1 rings (SSSR count). The lowest BCUT2D eigenvalue weighted by molar-refractivity contribution is 0.275. The third kappa shape index (κ3) is 7.71. The van der Waals surface area contributed by atoms with E-state index in [1.165, 1.54) is 3.79 Å². The van der Waals surface area contributed by atoms with Gasteiger partial charge in [0.1, 0.15) is 0 Å². The Morgan fingerprint density at radius 1 is 1.64 bits per heavy atom. The van der Waals surface area contributed by atoms with Crippen LogP contribution in [0.4, 0.5) is 0 Å². The molecule has 1 aromatic rings. The predicted octanol–water partition coefficient (Wildman–Crippen LogP) is 3.74. The third-order valence-corrected chi connectivity index (χ3v) is 4.16. The number of halogens is 1. The molecule has 1 unspecified atom stereocenters. The largest absolute Gasteiger partial charge is 0.327 e. The van der Waals surface area contributed by atoms with Crippen LogP contribution in [-0.4, -0.2) is 17.7 Å². The number of hydrogen-bond donors (Lipinski definition) is 1. The molecule has 1 N–H and O–H groups in total. The molecule has 82 valence electrons. The highest BCUT2D eigenvalue weighted by atomic mass is 79.9. The summed E-state index contributed by atoms with van der Waals surface area (Å²) in [6, 6.07) is 4.03. The fourth-order valence-electron chi connectivity index (χ4n) is 0.552. The van der Waals surface area contributed by atoms with Crippen molar-refractivity contribution in [3.8, 4) is 0 Å². The van der Waals surface area contributed by atoms with Gasteiger partial charge in [0, 0.05) is 6.16 Å². The molecule has 0 aliphatic carbocycles. The van der Waals surface area contributed by atoms with Gasteiger partial charge in [0.05, 0.1) is 10.4 Å². The van der Waals surface area contributed by atoms with Crippen LogP contribution < -0.4 is 0 Å². The summed E-state index contributed by atoms with van der Waals surface area (Å²) in [7, 11) is -3.17. The van der Waals surface area contributed by atoms with Gasteiger partial charge in [-0.15, -0.1) is 11.3 Å². The van der Waals surface area contributed by atoms with Crippen molar-refractivity contribution in [2.75, 3.05) is 12.8 Å². The normalized spacial score (nSPS) is 14.0. The van der Waals surface area contributed by atoms with Crippen molar-refractivity contribution in [3.05, 3.63) is 21.3 Å². The SMILES string of the molecule is Brc1cccs1.CCOP(=O)(O)CC. The van der Waals surface area contributed by atoms with E-state index in [1.54, 1.807) is 25.2 Å². The van der Waals surface area contributed by atoms with Gasteiger partial charge < -0.3 is 9.42 Å². The van der Waals surface area contributed by atoms with Gasteiger partial charge in [-0.3, -0.25) is 4.57 Å². The van der Waals surface area contributed by atoms with Crippen molar-refractivity contribution in [1.82, 2.24) is 0 Å². The van der Waals surface area contributed by atoms with E-state index >= 15 is 0 Å². The molecule has 0 fully saturated rings. The first kappa shape index (κ1) is 14.3. The lowest BCUT2D eigenvalue weighted by atomic mass is 10.7. The van der Waals surface area contributed by atoms with Crippen LogP contribution in [0.25, 0.3) is 0 Å². The molecule has 6 heteroatoms. The van der Waals surface area contributed by atoms with Gasteiger partial charge in [-0.1, -0.05) is 13.0 Å². The highest BCUT2D eigenvalue weighted by Crippen LogP contribution is 2.40. The van der Waals surface area contributed by atoms with Gasteiger partial charge in [0.15, 0.2) is 0 Å². The molecule has 0 saturated heterocycles. The fourth-order valence-corrected chi connectivity index (χ4v) is 2.06. The Morgan fingerprint density at radius 2 is 2.29 bits per heavy atom. The lowest BCUT2D eigenvalue weighted by Crippen LogP contribution is -1.89. The Bertz CT molecular complexity index is 276. The van der Waals surface area contributed by atoms with Crippen molar-refractivity contribution < 1.29 is 14.0 Å². The van der Waals surface area contributed by atoms with E-state index in [0.717, 1.165) is 0 Å². The van der Waals surface area contributed by atoms with Gasteiger partial charge >= 0.3 is 7.60 Å². The van der Waals surface area contributed by atoms with Crippen LogP contribution in [0.2, 0.25) is 0 Å². The summed E-state index contributed by atoms with van der Waals surface area (Å²) in [5, 5.41) is 2.03. The molecule has 0 aliphatic heterocycles. The first-order valence-electron chi connectivity index (χ1n) is 4.17. The highest BCUT2D eigenvalue weighted by molar-refractivity contribution is 9.11. The van der Waals surface area contributed by atoms with Crippen LogP contribution >= 0.6 is 34.9 Å². The Balaban J connectivity index is 0.000000249. The van der Waals surface area contributed by atoms with Crippen molar-refractivity contribution in [2.24, 2.45) is 0 Å². The minimum atomic E-state index is -3.17. The van der Waals surface area contributed by atoms with Crippen LogP contribution in [0.1, 0.15) is 13.8 Å². The zero-order chi connectivity index (χ0) is 11.0. The molecule has 0 aliphatic rings. The van der Waals surface area contributed by atoms with E-state index in [0.29, 0.717) is 6.61 Å². The second-order valence-corrected chi connectivity index (χ2v) is 6.78. The predicted molar refractivity (Wildman–Crippen MR) is 64.0 cm³/mol.